The van der Waals surface area contributed by atoms with Crippen molar-refractivity contribution >= 4 is 28.3 Å². The van der Waals surface area contributed by atoms with Crippen LogP contribution in [0.25, 0.3) is 11.0 Å². The number of para-hydroxylation sites is 2. The fourth-order valence-corrected chi connectivity index (χ4v) is 2.26. The lowest BCUT2D eigenvalue weighted by molar-refractivity contribution is 0.825. The summed E-state index contributed by atoms with van der Waals surface area (Å²) in [4.78, 5) is 4.36. The van der Waals surface area contributed by atoms with Crippen LogP contribution in [0.2, 0.25) is 5.02 Å². The van der Waals surface area contributed by atoms with E-state index in [1.54, 1.807) is 6.07 Å². The first-order chi connectivity index (χ1) is 8.74. The van der Waals surface area contributed by atoms with E-state index in [0.717, 1.165) is 16.6 Å². The van der Waals surface area contributed by atoms with Crippen LogP contribution in [0, 0.1) is 0 Å². The topological polar surface area (TPSA) is 43.8 Å². The molecule has 0 bridgehead atoms. The Morgan fingerprint density at radius 3 is 2.83 bits per heavy atom. The zero-order valence-corrected chi connectivity index (χ0v) is 10.4. The number of hydrogen-bond acceptors (Lipinski definition) is 2. The van der Waals surface area contributed by atoms with Crippen LogP contribution >= 0.6 is 11.6 Å². The Morgan fingerprint density at radius 1 is 1.17 bits per heavy atom. The highest BCUT2D eigenvalue weighted by molar-refractivity contribution is 6.31. The first kappa shape index (κ1) is 11.1. The fraction of sp³-hybridized carbons (Fsp3) is 0.0714. The third-order valence-corrected chi connectivity index (χ3v) is 3.30. The number of nitrogens with zero attached hydrogens (tertiary/aromatic N) is 2. The lowest BCUT2D eigenvalue weighted by atomic mass is 10.2. The van der Waals surface area contributed by atoms with Crippen molar-refractivity contribution in [3.63, 3.8) is 0 Å². The molecule has 0 unspecified atom stereocenters. The van der Waals surface area contributed by atoms with Gasteiger partial charge in [0.2, 0.25) is 0 Å². The second-order valence-electron chi connectivity index (χ2n) is 4.21. The van der Waals surface area contributed by atoms with E-state index in [1.165, 1.54) is 0 Å². The minimum absolute atomic E-state index is 0.680. The standard InChI is InChI=1S/C14H12ClN3/c15-12-7-11(16)6-5-10(12)8-18-9-17-13-3-1-2-4-14(13)18/h1-7,9H,8,16H2. The van der Waals surface area contributed by atoms with Gasteiger partial charge in [0, 0.05) is 10.7 Å². The Labute approximate surface area is 110 Å². The van der Waals surface area contributed by atoms with Crippen molar-refractivity contribution < 1.29 is 0 Å². The molecule has 18 heavy (non-hydrogen) atoms. The second kappa shape index (κ2) is 4.35. The van der Waals surface area contributed by atoms with Crippen LogP contribution in [-0.4, -0.2) is 9.55 Å². The molecule has 0 spiro atoms. The summed E-state index contributed by atoms with van der Waals surface area (Å²) in [6.07, 6.45) is 1.83. The number of imidazole rings is 1. The van der Waals surface area contributed by atoms with Gasteiger partial charge in [-0.25, -0.2) is 4.98 Å². The molecular formula is C14H12ClN3. The Hall–Kier alpha value is -2.00. The number of benzene rings is 2. The molecule has 0 amide bonds. The molecule has 2 N–H and O–H groups in total. The molecule has 0 aliphatic heterocycles. The molecule has 0 saturated heterocycles. The van der Waals surface area contributed by atoms with Gasteiger partial charge in [0.1, 0.15) is 0 Å². The van der Waals surface area contributed by atoms with Crippen molar-refractivity contribution in [1.29, 1.82) is 0 Å². The van der Waals surface area contributed by atoms with E-state index in [1.807, 2.05) is 42.7 Å². The quantitative estimate of drug-likeness (QED) is 0.716. The van der Waals surface area contributed by atoms with Gasteiger partial charge in [-0.3, -0.25) is 0 Å². The predicted octanol–water partition coefficient (Wildman–Crippen LogP) is 3.32. The molecule has 2 aromatic carbocycles. The van der Waals surface area contributed by atoms with Crippen LogP contribution in [0.5, 0.6) is 0 Å². The Morgan fingerprint density at radius 2 is 2.00 bits per heavy atom. The number of halogens is 1. The van der Waals surface area contributed by atoms with Crippen LogP contribution in [-0.2, 0) is 6.54 Å². The molecule has 0 aliphatic rings. The van der Waals surface area contributed by atoms with Crippen molar-refractivity contribution in [3.8, 4) is 0 Å². The summed E-state index contributed by atoms with van der Waals surface area (Å²) in [6, 6.07) is 13.6. The lowest BCUT2D eigenvalue weighted by Gasteiger charge is -2.07. The average Bonchev–Trinajstić information content (AvgIpc) is 2.76. The highest BCUT2D eigenvalue weighted by Crippen LogP contribution is 2.21. The van der Waals surface area contributed by atoms with Gasteiger partial charge >= 0.3 is 0 Å². The van der Waals surface area contributed by atoms with E-state index in [0.29, 0.717) is 17.3 Å². The molecule has 90 valence electrons. The van der Waals surface area contributed by atoms with Gasteiger partial charge in [0.15, 0.2) is 0 Å². The lowest BCUT2D eigenvalue weighted by Crippen LogP contribution is -1.99. The fourth-order valence-electron chi connectivity index (χ4n) is 2.01. The maximum Gasteiger partial charge on any atom is 0.0961 e. The van der Waals surface area contributed by atoms with Crippen LogP contribution < -0.4 is 5.73 Å². The maximum absolute atomic E-state index is 6.18. The molecule has 0 aliphatic carbocycles. The number of rotatable bonds is 2. The zero-order valence-electron chi connectivity index (χ0n) is 9.68. The van der Waals surface area contributed by atoms with Gasteiger partial charge in [-0.1, -0.05) is 29.8 Å². The molecule has 0 saturated carbocycles. The first-order valence-corrected chi connectivity index (χ1v) is 6.05. The summed E-state index contributed by atoms with van der Waals surface area (Å²) in [6.45, 7) is 0.694. The molecule has 3 rings (SSSR count). The van der Waals surface area contributed by atoms with Gasteiger partial charge in [-0.2, -0.15) is 0 Å². The summed E-state index contributed by atoms with van der Waals surface area (Å²) < 4.78 is 2.08. The molecule has 0 atom stereocenters. The summed E-state index contributed by atoms with van der Waals surface area (Å²) >= 11 is 6.18. The molecule has 0 radical (unpaired) electrons. The monoisotopic (exact) mass is 257 g/mol. The third kappa shape index (κ3) is 1.93. The molecule has 3 aromatic rings. The van der Waals surface area contributed by atoms with Crippen LogP contribution in [0.15, 0.2) is 48.8 Å². The van der Waals surface area contributed by atoms with Crippen molar-refractivity contribution in [1.82, 2.24) is 9.55 Å². The van der Waals surface area contributed by atoms with Crippen molar-refractivity contribution in [3.05, 3.63) is 59.4 Å². The van der Waals surface area contributed by atoms with E-state index in [-0.39, 0.29) is 0 Å². The maximum atomic E-state index is 6.18. The molecular weight excluding hydrogens is 246 g/mol. The summed E-state index contributed by atoms with van der Waals surface area (Å²) in [5, 5.41) is 0.688. The van der Waals surface area contributed by atoms with E-state index < -0.39 is 0 Å². The van der Waals surface area contributed by atoms with Gasteiger partial charge in [0.25, 0.3) is 0 Å². The molecule has 1 aromatic heterocycles. The van der Waals surface area contributed by atoms with Gasteiger partial charge in [-0.15, -0.1) is 0 Å². The van der Waals surface area contributed by atoms with Gasteiger partial charge in [0.05, 0.1) is 23.9 Å². The number of hydrogen-bond donors (Lipinski definition) is 1. The number of nitrogen functional groups attached to an aromatic ring is 1. The van der Waals surface area contributed by atoms with Gasteiger partial charge in [-0.05, 0) is 29.8 Å². The zero-order chi connectivity index (χ0) is 12.5. The Bertz CT molecular complexity index is 703. The normalized spacial score (nSPS) is 10.9. The highest BCUT2D eigenvalue weighted by atomic mass is 35.5. The number of anilines is 1. The van der Waals surface area contributed by atoms with E-state index in [9.17, 15) is 0 Å². The molecule has 0 fully saturated rings. The largest absolute Gasteiger partial charge is 0.399 e. The number of fused-ring (bicyclic) bond motifs is 1. The second-order valence-corrected chi connectivity index (χ2v) is 4.62. The van der Waals surface area contributed by atoms with Crippen molar-refractivity contribution in [2.45, 2.75) is 6.54 Å². The van der Waals surface area contributed by atoms with Crippen molar-refractivity contribution in [2.75, 3.05) is 5.73 Å². The van der Waals surface area contributed by atoms with E-state index in [2.05, 4.69) is 9.55 Å². The number of aromatic nitrogens is 2. The average molecular weight is 258 g/mol. The molecule has 1 heterocycles. The van der Waals surface area contributed by atoms with Gasteiger partial charge < -0.3 is 10.3 Å². The summed E-state index contributed by atoms with van der Waals surface area (Å²) in [7, 11) is 0. The molecule has 3 nitrogen and oxygen atoms in total. The molecule has 4 heteroatoms. The minimum atomic E-state index is 0.680. The Kier molecular flexibility index (Phi) is 2.68. The Balaban J connectivity index is 2.01. The number of nitrogens with two attached hydrogens (primary N) is 1. The van der Waals surface area contributed by atoms with Crippen LogP contribution in [0.1, 0.15) is 5.56 Å². The van der Waals surface area contributed by atoms with Crippen molar-refractivity contribution in [2.24, 2.45) is 0 Å². The van der Waals surface area contributed by atoms with Crippen LogP contribution in [0.3, 0.4) is 0 Å². The van der Waals surface area contributed by atoms with E-state index in [4.69, 9.17) is 17.3 Å². The summed E-state index contributed by atoms with van der Waals surface area (Å²) in [5.41, 5.74) is 9.50. The summed E-state index contributed by atoms with van der Waals surface area (Å²) in [5.74, 6) is 0. The SMILES string of the molecule is Nc1ccc(Cn2cnc3ccccc32)c(Cl)c1. The van der Waals surface area contributed by atoms with E-state index >= 15 is 0 Å². The van der Waals surface area contributed by atoms with Crippen LogP contribution in [0.4, 0.5) is 5.69 Å². The first-order valence-electron chi connectivity index (χ1n) is 5.68. The smallest absolute Gasteiger partial charge is 0.0961 e. The minimum Gasteiger partial charge on any atom is -0.399 e. The predicted molar refractivity (Wildman–Crippen MR) is 74.7 cm³/mol. The third-order valence-electron chi connectivity index (χ3n) is 2.95. The highest BCUT2D eigenvalue weighted by Gasteiger charge is 2.05.